The first kappa shape index (κ1) is 75.9. The Balaban J connectivity index is -0.0000000297. The second kappa shape index (κ2) is 37.6. The fraction of sp³-hybridized carbons (Fsp3) is 0. The van der Waals surface area contributed by atoms with Gasteiger partial charge in [0.15, 0.2) is 11.6 Å². The molecular weight excluding hydrogens is 720 g/mol. The van der Waals surface area contributed by atoms with Gasteiger partial charge >= 0.3 is 236 Å². The molecule has 0 unspecified atom stereocenters. The van der Waals surface area contributed by atoms with Crippen molar-refractivity contribution in [3.8, 4) is 0 Å². The standard InChI is InChI=1S/C10H6O2.8Na.4H2O4S/c11-9-5-6-10(12)8-4-2-1-3-7(8)9;;;;;;;;;4*1-5(2,3)4/h1-6H;;;;;;;;;4*(H2,1,2,3,4)/q;8*+1;;;;/p-8. The molecule has 0 atom stereocenters. The molecule has 0 bridgehead atoms. The minimum Gasteiger partial charge on any atom is -0.759 e. The minimum atomic E-state index is -5.17. The van der Waals surface area contributed by atoms with E-state index in [0.717, 1.165) is 0 Å². The van der Waals surface area contributed by atoms with E-state index in [1.165, 1.54) is 12.2 Å². The second-order valence-corrected chi connectivity index (χ2v) is 7.51. The van der Waals surface area contributed by atoms with Crippen molar-refractivity contribution in [1.82, 2.24) is 0 Å². The van der Waals surface area contributed by atoms with Gasteiger partial charge in [-0.2, -0.15) is 0 Å². The van der Waals surface area contributed by atoms with Gasteiger partial charge < -0.3 is 36.4 Å². The Hall–Kier alpha value is 5.78. The van der Waals surface area contributed by atoms with Crippen molar-refractivity contribution in [2.75, 3.05) is 0 Å². The SMILES string of the molecule is O=C1C=CC(=O)c2ccccc21.O=S(=O)([O-])[O-].O=S(=O)([O-])[O-].O=S(=O)([O-])[O-].O=S(=O)([O-])[O-].[Na+].[Na+].[Na+].[Na+].[Na+].[Na+].[Na+].[Na+]. The van der Waals surface area contributed by atoms with E-state index in [2.05, 4.69) is 0 Å². The fourth-order valence-corrected chi connectivity index (χ4v) is 1.24. The second-order valence-electron chi connectivity index (χ2n) is 4.24. The molecule has 1 aromatic rings. The van der Waals surface area contributed by atoms with Crippen molar-refractivity contribution in [1.29, 1.82) is 0 Å². The van der Waals surface area contributed by atoms with E-state index < -0.39 is 41.6 Å². The quantitative estimate of drug-likeness (QED) is 0.136. The third kappa shape index (κ3) is 90.3. The smallest absolute Gasteiger partial charge is 0.759 e. The molecule has 1 aromatic carbocycles. The van der Waals surface area contributed by atoms with Gasteiger partial charge in [0, 0.05) is 52.7 Å². The molecule has 0 heterocycles. The first-order valence-corrected chi connectivity index (χ1v) is 11.6. The summed E-state index contributed by atoms with van der Waals surface area (Å²) in [5, 5.41) is 0. The molecule has 2 rings (SSSR count). The normalized spacial score (nSPS) is 10.2. The van der Waals surface area contributed by atoms with Crippen molar-refractivity contribution < 1.29 is 316 Å². The summed E-state index contributed by atoms with van der Waals surface area (Å²) in [7, 11) is -20.7. The van der Waals surface area contributed by atoms with Crippen LogP contribution in [0.25, 0.3) is 0 Å². The van der Waals surface area contributed by atoms with Gasteiger partial charge in [-0.1, -0.05) is 24.3 Å². The number of hydrogen-bond donors (Lipinski definition) is 0. The summed E-state index contributed by atoms with van der Waals surface area (Å²) in [6, 6.07) is 6.84. The Morgan fingerprint density at radius 1 is 0.375 bits per heavy atom. The molecule has 1 aliphatic rings. The van der Waals surface area contributed by atoms with Crippen LogP contribution in [0.4, 0.5) is 0 Å². The number of rotatable bonds is 0. The number of allylic oxidation sites excluding steroid dienone is 2. The number of benzene rings is 1. The monoisotopic (exact) mass is 726 g/mol. The molecule has 0 fully saturated rings. The molecule has 186 valence electrons. The van der Waals surface area contributed by atoms with Crippen molar-refractivity contribution in [3.63, 3.8) is 0 Å². The summed E-state index contributed by atoms with van der Waals surface area (Å²) >= 11 is 0. The Bertz CT molecular complexity index is 1060. The minimum absolute atomic E-state index is 0. The number of fused-ring (bicyclic) bond motifs is 1. The third-order valence-corrected chi connectivity index (χ3v) is 1.84. The van der Waals surface area contributed by atoms with Gasteiger partial charge in [-0.25, -0.2) is 0 Å². The molecule has 0 N–H and O–H groups in total. The molecule has 30 heteroatoms. The van der Waals surface area contributed by atoms with Crippen molar-refractivity contribution >= 4 is 53.2 Å². The molecule has 0 amide bonds. The summed E-state index contributed by atoms with van der Waals surface area (Å²) in [6.45, 7) is 0. The maximum Gasteiger partial charge on any atom is 1.00 e. The molecule has 1 aliphatic carbocycles. The first-order chi connectivity index (χ1) is 13.8. The van der Waals surface area contributed by atoms with Gasteiger partial charge in [0.1, 0.15) is 0 Å². The maximum atomic E-state index is 11.2. The van der Waals surface area contributed by atoms with E-state index in [9.17, 15) is 9.59 Å². The summed E-state index contributed by atoms with van der Waals surface area (Å²) in [6.07, 6.45) is 2.62. The maximum absolute atomic E-state index is 11.2. The van der Waals surface area contributed by atoms with E-state index in [-0.39, 0.29) is 248 Å². The summed E-state index contributed by atoms with van der Waals surface area (Å²) < 4.78 is 136. The first-order valence-electron chi connectivity index (χ1n) is 6.31. The molecule has 0 aromatic heterocycles. The van der Waals surface area contributed by atoms with E-state index in [0.29, 0.717) is 11.1 Å². The molecule has 0 saturated carbocycles. The molecule has 0 spiro atoms. The third-order valence-electron chi connectivity index (χ3n) is 1.84. The molecule has 40 heavy (non-hydrogen) atoms. The van der Waals surface area contributed by atoms with Crippen LogP contribution >= 0.6 is 0 Å². The predicted octanol–water partition coefficient (Wildman–Crippen LogP) is -27.7. The Morgan fingerprint density at radius 2 is 0.500 bits per heavy atom. The van der Waals surface area contributed by atoms with Crippen LogP contribution in [0, 0.1) is 0 Å². The predicted molar refractivity (Wildman–Crippen MR) is 86.1 cm³/mol. The van der Waals surface area contributed by atoms with Gasteiger partial charge in [-0.15, -0.1) is 0 Å². The van der Waals surface area contributed by atoms with E-state index in [1.807, 2.05) is 0 Å². The zero-order valence-electron chi connectivity index (χ0n) is 22.4. The number of carbonyl (C=O) groups is 2. The van der Waals surface area contributed by atoms with E-state index in [4.69, 9.17) is 70.1 Å². The topological polar surface area (TPSA) is 355 Å². The van der Waals surface area contributed by atoms with Crippen LogP contribution in [0.1, 0.15) is 20.7 Å². The molecular formula is C10H6Na8O18S4. The number of carbonyl (C=O) groups excluding carboxylic acids is 2. The fourth-order valence-electron chi connectivity index (χ4n) is 1.24. The average molecular weight is 726 g/mol. The molecule has 0 aliphatic heterocycles. The zero-order valence-corrected chi connectivity index (χ0v) is 41.7. The van der Waals surface area contributed by atoms with Crippen LogP contribution in [0.15, 0.2) is 36.4 Å². The Labute approximate surface area is 407 Å². The number of ketones is 2. The van der Waals surface area contributed by atoms with Crippen LogP contribution in [0.3, 0.4) is 0 Å². The van der Waals surface area contributed by atoms with Gasteiger partial charge in [-0.3, -0.25) is 43.3 Å². The van der Waals surface area contributed by atoms with Crippen molar-refractivity contribution in [2.24, 2.45) is 0 Å². The summed E-state index contributed by atoms with van der Waals surface area (Å²) in [5.41, 5.74) is 1.01. The van der Waals surface area contributed by atoms with E-state index >= 15 is 0 Å². The molecule has 18 nitrogen and oxygen atoms in total. The van der Waals surface area contributed by atoms with Crippen molar-refractivity contribution in [2.45, 2.75) is 0 Å². The van der Waals surface area contributed by atoms with Crippen LogP contribution in [0.2, 0.25) is 0 Å². The average Bonchev–Trinajstić information content (AvgIpc) is 2.45. The zero-order chi connectivity index (χ0) is 26.6. The summed E-state index contributed by atoms with van der Waals surface area (Å²) in [4.78, 5) is 22.4. The van der Waals surface area contributed by atoms with Gasteiger partial charge in [0.05, 0.1) is 0 Å². The van der Waals surface area contributed by atoms with Gasteiger partial charge in [0.25, 0.3) is 0 Å². The molecule has 0 radical (unpaired) electrons. The van der Waals surface area contributed by atoms with Crippen molar-refractivity contribution in [3.05, 3.63) is 47.5 Å². The van der Waals surface area contributed by atoms with Gasteiger partial charge in [-0.05, 0) is 12.2 Å². The number of hydrogen-bond acceptors (Lipinski definition) is 18. The van der Waals surface area contributed by atoms with Gasteiger partial charge in [0.2, 0.25) is 0 Å². The van der Waals surface area contributed by atoms with Crippen LogP contribution in [-0.2, 0) is 41.6 Å². The Kier molecular flexibility index (Phi) is 71.3. The molecule has 0 saturated heterocycles. The largest absolute Gasteiger partial charge is 1.00 e. The van der Waals surface area contributed by atoms with Crippen LogP contribution < -0.4 is 236 Å². The van der Waals surface area contributed by atoms with E-state index in [1.54, 1.807) is 24.3 Å². The van der Waals surface area contributed by atoms with Crippen LogP contribution in [-0.4, -0.2) is 81.7 Å². The Morgan fingerprint density at radius 3 is 0.625 bits per heavy atom. The van der Waals surface area contributed by atoms with Crippen LogP contribution in [0.5, 0.6) is 0 Å². The summed E-state index contributed by atoms with van der Waals surface area (Å²) in [5.74, 6) is -0.185.